The summed E-state index contributed by atoms with van der Waals surface area (Å²) in [6.45, 7) is 0. The molecule has 2 aromatic rings. The van der Waals surface area contributed by atoms with Crippen LogP contribution in [0, 0.1) is 5.82 Å². The second-order valence-corrected chi connectivity index (χ2v) is 4.23. The van der Waals surface area contributed by atoms with Crippen molar-refractivity contribution >= 4 is 21.9 Å². The average Bonchev–Trinajstić information content (AvgIpc) is 2.58. The zero-order chi connectivity index (χ0) is 11.7. The fraction of sp³-hybridized carbons (Fsp3) is 0.200. The summed E-state index contributed by atoms with van der Waals surface area (Å²) in [5, 5.41) is 10.8. The molecule has 1 aromatic carbocycles. The number of nitrogens with one attached hydrogen (secondary N) is 1. The third-order valence-electron chi connectivity index (χ3n) is 2.22. The van der Waals surface area contributed by atoms with Crippen LogP contribution in [0.4, 0.5) is 10.3 Å². The van der Waals surface area contributed by atoms with Gasteiger partial charge in [-0.15, -0.1) is 10.2 Å². The summed E-state index contributed by atoms with van der Waals surface area (Å²) in [5.74, 6) is 0.943. The lowest BCUT2D eigenvalue weighted by molar-refractivity contribution is 0.627. The molecule has 6 heteroatoms. The first-order valence-electron chi connectivity index (χ1n) is 4.65. The van der Waals surface area contributed by atoms with Gasteiger partial charge in [0.15, 0.2) is 5.82 Å². The molecule has 16 heavy (non-hydrogen) atoms. The summed E-state index contributed by atoms with van der Waals surface area (Å²) in [6, 6.07) is 4.62. The van der Waals surface area contributed by atoms with Gasteiger partial charge in [0.2, 0.25) is 5.95 Å². The predicted octanol–water partition coefficient (Wildman–Crippen LogP) is 2.43. The van der Waals surface area contributed by atoms with Gasteiger partial charge in [-0.1, -0.05) is 15.9 Å². The van der Waals surface area contributed by atoms with E-state index in [2.05, 4.69) is 31.4 Å². The van der Waals surface area contributed by atoms with E-state index in [1.54, 1.807) is 17.7 Å². The van der Waals surface area contributed by atoms with Crippen LogP contribution in [0.5, 0.6) is 0 Å². The third-order valence-corrected chi connectivity index (χ3v) is 2.68. The molecule has 0 spiro atoms. The Morgan fingerprint density at radius 2 is 2.06 bits per heavy atom. The maximum atomic E-state index is 13.2. The molecule has 0 bridgehead atoms. The van der Waals surface area contributed by atoms with Gasteiger partial charge >= 0.3 is 0 Å². The first-order valence-corrected chi connectivity index (χ1v) is 5.44. The van der Waals surface area contributed by atoms with Gasteiger partial charge in [-0.25, -0.2) is 4.39 Å². The van der Waals surface area contributed by atoms with Crippen molar-refractivity contribution in [3.63, 3.8) is 0 Å². The number of hydrogen-bond donors (Lipinski definition) is 1. The van der Waals surface area contributed by atoms with Gasteiger partial charge in [-0.3, -0.25) is 4.57 Å². The fourth-order valence-electron chi connectivity index (χ4n) is 1.48. The van der Waals surface area contributed by atoms with Crippen molar-refractivity contribution in [2.75, 3.05) is 12.4 Å². The summed E-state index contributed by atoms with van der Waals surface area (Å²) < 4.78 is 15.7. The van der Waals surface area contributed by atoms with Gasteiger partial charge < -0.3 is 5.32 Å². The van der Waals surface area contributed by atoms with E-state index in [0.717, 1.165) is 0 Å². The molecule has 1 aromatic heterocycles. The average molecular weight is 285 g/mol. The van der Waals surface area contributed by atoms with Crippen LogP contribution >= 0.6 is 15.9 Å². The Kier molecular flexibility index (Phi) is 2.91. The van der Waals surface area contributed by atoms with Crippen LogP contribution in [-0.4, -0.2) is 21.8 Å². The first-order chi connectivity index (χ1) is 7.61. The molecule has 84 valence electrons. The molecule has 0 atom stereocenters. The molecular formula is C10H10BrFN4. The van der Waals surface area contributed by atoms with Gasteiger partial charge in [0, 0.05) is 24.1 Å². The van der Waals surface area contributed by atoms with Crippen molar-refractivity contribution in [3.8, 4) is 11.4 Å². The largest absolute Gasteiger partial charge is 0.357 e. The Bertz CT molecular complexity index is 503. The smallest absolute Gasteiger partial charge is 0.224 e. The van der Waals surface area contributed by atoms with Crippen molar-refractivity contribution in [1.82, 2.24) is 14.8 Å². The van der Waals surface area contributed by atoms with Crippen molar-refractivity contribution in [3.05, 3.63) is 28.5 Å². The quantitative estimate of drug-likeness (QED) is 0.921. The Morgan fingerprint density at radius 1 is 1.31 bits per heavy atom. The number of benzene rings is 1. The first kappa shape index (κ1) is 11.1. The van der Waals surface area contributed by atoms with Crippen molar-refractivity contribution < 1.29 is 4.39 Å². The molecule has 1 heterocycles. The van der Waals surface area contributed by atoms with Gasteiger partial charge in [0.1, 0.15) is 5.82 Å². The lowest BCUT2D eigenvalue weighted by Gasteiger charge is -2.03. The maximum absolute atomic E-state index is 13.2. The van der Waals surface area contributed by atoms with E-state index in [9.17, 15) is 4.39 Å². The van der Waals surface area contributed by atoms with Crippen molar-refractivity contribution in [1.29, 1.82) is 0 Å². The summed E-state index contributed by atoms with van der Waals surface area (Å²) in [4.78, 5) is 0. The standard InChI is InChI=1S/C10H10BrFN4/c1-13-10-15-14-9(16(10)2)6-3-7(11)5-8(12)4-6/h3-5H,1-2H3,(H,13,15). The topological polar surface area (TPSA) is 42.7 Å². The van der Waals surface area contributed by atoms with E-state index in [0.29, 0.717) is 21.8 Å². The maximum Gasteiger partial charge on any atom is 0.224 e. The lowest BCUT2D eigenvalue weighted by Crippen LogP contribution is -1.99. The summed E-state index contributed by atoms with van der Waals surface area (Å²) in [6.07, 6.45) is 0. The van der Waals surface area contributed by atoms with Crippen LogP contribution in [-0.2, 0) is 7.05 Å². The predicted molar refractivity (Wildman–Crippen MR) is 63.6 cm³/mol. The molecule has 0 aliphatic carbocycles. The van der Waals surface area contributed by atoms with Gasteiger partial charge in [-0.2, -0.15) is 0 Å². The molecule has 1 N–H and O–H groups in total. The zero-order valence-corrected chi connectivity index (χ0v) is 10.4. The minimum Gasteiger partial charge on any atom is -0.357 e. The van der Waals surface area contributed by atoms with Gasteiger partial charge in [0.05, 0.1) is 0 Å². The zero-order valence-electron chi connectivity index (χ0n) is 8.83. The van der Waals surface area contributed by atoms with E-state index in [4.69, 9.17) is 0 Å². The molecule has 0 aliphatic rings. The Hall–Kier alpha value is -1.43. The van der Waals surface area contributed by atoms with E-state index in [1.165, 1.54) is 12.1 Å². The molecule has 2 rings (SSSR count). The Morgan fingerprint density at radius 3 is 2.62 bits per heavy atom. The second kappa shape index (κ2) is 4.21. The summed E-state index contributed by atoms with van der Waals surface area (Å²) in [7, 11) is 3.58. The fourth-order valence-corrected chi connectivity index (χ4v) is 1.95. The normalized spacial score (nSPS) is 10.5. The monoisotopic (exact) mass is 284 g/mol. The highest BCUT2D eigenvalue weighted by Crippen LogP contribution is 2.24. The van der Waals surface area contributed by atoms with Crippen LogP contribution in [0.15, 0.2) is 22.7 Å². The summed E-state index contributed by atoms with van der Waals surface area (Å²) in [5.41, 5.74) is 0.684. The van der Waals surface area contributed by atoms with E-state index < -0.39 is 0 Å². The van der Waals surface area contributed by atoms with E-state index >= 15 is 0 Å². The number of hydrogen-bond acceptors (Lipinski definition) is 3. The van der Waals surface area contributed by atoms with Crippen molar-refractivity contribution in [2.45, 2.75) is 0 Å². The number of halogens is 2. The lowest BCUT2D eigenvalue weighted by atomic mass is 10.2. The highest BCUT2D eigenvalue weighted by Gasteiger charge is 2.10. The molecule has 0 saturated carbocycles. The number of nitrogens with zero attached hydrogens (tertiary/aromatic N) is 3. The van der Waals surface area contributed by atoms with Gasteiger partial charge in [0.25, 0.3) is 0 Å². The van der Waals surface area contributed by atoms with Crippen LogP contribution in [0.1, 0.15) is 0 Å². The summed E-state index contributed by atoms with van der Waals surface area (Å²) >= 11 is 3.25. The molecule has 0 unspecified atom stereocenters. The minimum absolute atomic E-state index is 0.307. The van der Waals surface area contributed by atoms with Crippen LogP contribution in [0.2, 0.25) is 0 Å². The Labute approximate surface area is 101 Å². The highest BCUT2D eigenvalue weighted by atomic mass is 79.9. The third kappa shape index (κ3) is 1.92. The molecule has 0 fully saturated rings. The minimum atomic E-state index is -0.307. The molecule has 0 radical (unpaired) electrons. The second-order valence-electron chi connectivity index (χ2n) is 3.31. The molecule has 0 aliphatic heterocycles. The number of aromatic nitrogens is 3. The van der Waals surface area contributed by atoms with Gasteiger partial charge in [-0.05, 0) is 18.2 Å². The molecular weight excluding hydrogens is 275 g/mol. The van der Waals surface area contributed by atoms with Crippen LogP contribution < -0.4 is 5.32 Å². The Balaban J connectivity index is 2.54. The van der Waals surface area contributed by atoms with E-state index in [-0.39, 0.29) is 5.82 Å². The van der Waals surface area contributed by atoms with Crippen LogP contribution in [0.3, 0.4) is 0 Å². The molecule has 0 amide bonds. The van der Waals surface area contributed by atoms with Crippen LogP contribution in [0.25, 0.3) is 11.4 Å². The number of rotatable bonds is 2. The molecule has 4 nitrogen and oxygen atoms in total. The molecule has 0 saturated heterocycles. The van der Waals surface area contributed by atoms with Crippen molar-refractivity contribution in [2.24, 2.45) is 7.05 Å². The SMILES string of the molecule is CNc1nnc(-c2cc(F)cc(Br)c2)n1C. The number of anilines is 1. The highest BCUT2D eigenvalue weighted by molar-refractivity contribution is 9.10. The van der Waals surface area contributed by atoms with E-state index in [1.807, 2.05) is 7.05 Å².